The van der Waals surface area contributed by atoms with E-state index in [1.807, 2.05) is 45.0 Å². The van der Waals surface area contributed by atoms with Gasteiger partial charge in [-0.3, -0.25) is 4.57 Å². The monoisotopic (exact) mass is 389 g/mol. The van der Waals surface area contributed by atoms with Crippen LogP contribution in [0, 0.1) is 0 Å². The molecule has 1 aromatic heterocycles. The molecule has 2 heterocycles. The van der Waals surface area contributed by atoms with Gasteiger partial charge in [-0.15, -0.1) is 0 Å². The molecule has 5 heteroatoms. The number of allylic oxidation sites excluding steroid dienone is 1. The third-order valence-corrected chi connectivity index (χ3v) is 5.31. The molecule has 1 atom stereocenters. The Morgan fingerprint density at radius 1 is 1.07 bits per heavy atom. The van der Waals surface area contributed by atoms with Crippen LogP contribution < -0.4 is 5.32 Å². The Kier molecular flexibility index (Phi) is 4.91. The molecule has 2 aromatic carbocycles. The zero-order chi connectivity index (χ0) is 20.7. The van der Waals surface area contributed by atoms with Crippen molar-refractivity contribution in [1.82, 2.24) is 9.55 Å². The van der Waals surface area contributed by atoms with Gasteiger partial charge < -0.3 is 10.1 Å². The summed E-state index contributed by atoms with van der Waals surface area (Å²) in [6.45, 7) is 10.0. The number of nitrogens with zero attached hydrogens (tertiary/aromatic N) is 2. The van der Waals surface area contributed by atoms with Gasteiger partial charge in [-0.1, -0.05) is 50.2 Å². The molecule has 29 heavy (non-hydrogen) atoms. The van der Waals surface area contributed by atoms with E-state index in [4.69, 9.17) is 9.72 Å². The maximum Gasteiger partial charge on any atom is 0.338 e. The lowest BCUT2D eigenvalue weighted by Gasteiger charge is -2.30. The molecular formula is C24H27N3O2. The lowest BCUT2D eigenvalue weighted by molar-refractivity contribution is -0.143. The predicted molar refractivity (Wildman–Crippen MR) is 116 cm³/mol. The SMILES string of the molecule is CC1=C(C(=O)OC(C)C)[C@@H](c2ccc(C(C)C)cc2)n2c(nc3ccccc32)N1. The molecule has 0 bridgehead atoms. The van der Waals surface area contributed by atoms with Crippen molar-refractivity contribution in [3.8, 4) is 0 Å². The van der Waals surface area contributed by atoms with Gasteiger partial charge >= 0.3 is 5.97 Å². The second-order valence-electron chi connectivity index (χ2n) is 8.14. The number of rotatable bonds is 4. The highest BCUT2D eigenvalue weighted by Crippen LogP contribution is 2.39. The summed E-state index contributed by atoms with van der Waals surface area (Å²) in [5.74, 6) is 0.887. The Labute approximate surface area is 171 Å². The molecule has 0 saturated heterocycles. The van der Waals surface area contributed by atoms with Gasteiger partial charge in [0.25, 0.3) is 0 Å². The Bertz CT molecular complexity index is 1090. The van der Waals surface area contributed by atoms with Gasteiger partial charge in [0.05, 0.1) is 28.8 Å². The first-order valence-corrected chi connectivity index (χ1v) is 10.1. The number of para-hydroxylation sites is 2. The van der Waals surface area contributed by atoms with Crippen molar-refractivity contribution in [1.29, 1.82) is 0 Å². The van der Waals surface area contributed by atoms with E-state index < -0.39 is 0 Å². The summed E-state index contributed by atoms with van der Waals surface area (Å²) in [5.41, 5.74) is 5.57. The standard InChI is InChI=1S/C24H27N3O2/c1-14(2)17-10-12-18(13-11-17)22-21(23(28)29-15(3)4)16(5)25-24-26-19-8-6-7-9-20(19)27(22)24/h6-15,22H,1-5H3,(H,25,26)/t22-/m1/s1. The van der Waals surface area contributed by atoms with Crippen molar-refractivity contribution < 1.29 is 9.53 Å². The Morgan fingerprint density at radius 2 is 1.76 bits per heavy atom. The second-order valence-corrected chi connectivity index (χ2v) is 8.14. The number of fused-ring (bicyclic) bond motifs is 3. The van der Waals surface area contributed by atoms with E-state index in [2.05, 4.69) is 48.0 Å². The van der Waals surface area contributed by atoms with Crippen molar-refractivity contribution in [3.63, 3.8) is 0 Å². The van der Waals surface area contributed by atoms with Crippen LogP contribution in [0.4, 0.5) is 5.95 Å². The van der Waals surface area contributed by atoms with Gasteiger partial charge in [0, 0.05) is 5.70 Å². The lowest BCUT2D eigenvalue weighted by atomic mass is 9.92. The number of aromatic nitrogens is 2. The number of imidazole rings is 1. The molecule has 0 unspecified atom stereocenters. The van der Waals surface area contributed by atoms with Crippen molar-refractivity contribution in [2.45, 2.75) is 52.7 Å². The topological polar surface area (TPSA) is 56.2 Å². The van der Waals surface area contributed by atoms with Crippen molar-refractivity contribution in [2.24, 2.45) is 0 Å². The molecule has 0 radical (unpaired) electrons. The number of benzene rings is 2. The Morgan fingerprint density at radius 3 is 2.41 bits per heavy atom. The van der Waals surface area contributed by atoms with Crippen LogP contribution in [0.5, 0.6) is 0 Å². The number of esters is 1. The van der Waals surface area contributed by atoms with Crippen LogP contribution >= 0.6 is 0 Å². The van der Waals surface area contributed by atoms with Crippen molar-refractivity contribution in [3.05, 3.63) is 70.9 Å². The van der Waals surface area contributed by atoms with Crippen LogP contribution in [-0.2, 0) is 9.53 Å². The van der Waals surface area contributed by atoms with Crippen LogP contribution in [0.1, 0.15) is 57.7 Å². The fourth-order valence-corrected chi connectivity index (χ4v) is 3.88. The van der Waals surface area contributed by atoms with Crippen LogP contribution in [0.25, 0.3) is 11.0 Å². The maximum atomic E-state index is 13.1. The summed E-state index contributed by atoms with van der Waals surface area (Å²) >= 11 is 0. The van der Waals surface area contributed by atoms with E-state index in [0.29, 0.717) is 11.5 Å². The molecule has 1 N–H and O–H groups in total. The van der Waals surface area contributed by atoms with Gasteiger partial charge in [-0.2, -0.15) is 0 Å². The Balaban J connectivity index is 1.92. The molecule has 4 rings (SSSR count). The van der Waals surface area contributed by atoms with Gasteiger partial charge in [0.1, 0.15) is 0 Å². The number of carbonyl (C=O) groups is 1. The highest BCUT2D eigenvalue weighted by Gasteiger charge is 2.35. The van der Waals surface area contributed by atoms with E-state index >= 15 is 0 Å². The predicted octanol–water partition coefficient (Wildman–Crippen LogP) is 5.40. The van der Waals surface area contributed by atoms with Crippen LogP contribution in [0.3, 0.4) is 0 Å². The largest absolute Gasteiger partial charge is 0.459 e. The zero-order valence-corrected chi connectivity index (χ0v) is 17.6. The summed E-state index contributed by atoms with van der Waals surface area (Å²) in [7, 11) is 0. The fraction of sp³-hybridized carbons (Fsp3) is 0.333. The Hall–Kier alpha value is -3.08. The highest BCUT2D eigenvalue weighted by atomic mass is 16.5. The van der Waals surface area contributed by atoms with Gasteiger partial charge in [-0.05, 0) is 49.9 Å². The average molecular weight is 389 g/mol. The summed E-state index contributed by atoms with van der Waals surface area (Å²) in [5, 5.41) is 3.31. The smallest absolute Gasteiger partial charge is 0.338 e. The van der Waals surface area contributed by atoms with E-state index in [0.717, 1.165) is 28.2 Å². The lowest BCUT2D eigenvalue weighted by Crippen LogP contribution is -2.30. The first-order valence-electron chi connectivity index (χ1n) is 10.1. The highest BCUT2D eigenvalue weighted by molar-refractivity contribution is 5.94. The van der Waals surface area contributed by atoms with E-state index in [1.165, 1.54) is 5.56 Å². The van der Waals surface area contributed by atoms with E-state index in [1.54, 1.807) is 0 Å². The van der Waals surface area contributed by atoms with E-state index in [9.17, 15) is 4.79 Å². The third-order valence-electron chi connectivity index (χ3n) is 5.31. The zero-order valence-electron chi connectivity index (χ0n) is 17.6. The molecule has 0 aliphatic carbocycles. The number of nitrogens with one attached hydrogen (secondary N) is 1. The third kappa shape index (κ3) is 3.41. The molecule has 0 spiro atoms. The second kappa shape index (κ2) is 7.39. The van der Waals surface area contributed by atoms with Crippen molar-refractivity contribution in [2.75, 3.05) is 5.32 Å². The normalized spacial score (nSPS) is 16.3. The molecule has 0 fully saturated rings. The van der Waals surface area contributed by atoms with E-state index in [-0.39, 0.29) is 18.1 Å². The summed E-state index contributed by atoms with van der Waals surface area (Å²) in [6, 6.07) is 16.2. The van der Waals surface area contributed by atoms with Crippen LogP contribution in [-0.4, -0.2) is 21.6 Å². The average Bonchev–Trinajstić information content (AvgIpc) is 3.04. The first-order chi connectivity index (χ1) is 13.9. The van der Waals surface area contributed by atoms with Gasteiger partial charge in [0.2, 0.25) is 5.95 Å². The molecule has 0 saturated carbocycles. The minimum atomic E-state index is -0.300. The van der Waals surface area contributed by atoms with Crippen LogP contribution in [0.15, 0.2) is 59.8 Å². The number of hydrogen-bond donors (Lipinski definition) is 1. The molecule has 5 nitrogen and oxygen atoms in total. The number of ether oxygens (including phenoxy) is 1. The minimum Gasteiger partial charge on any atom is -0.459 e. The minimum absolute atomic E-state index is 0.187. The van der Waals surface area contributed by atoms with Crippen LogP contribution in [0.2, 0.25) is 0 Å². The van der Waals surface area contributed by atoms with Gasteiger partial charge in [0.15, 0.2) is 0 Å². The molecule has 1 aliphatic heterocycles. The van der Waals surface area contributed by atoms with Crippen molar-refractivity contribution >= 4 is 23.0 Å². The summed E-state index contributed by atoms with van der Waals surface area (Å²) in [6.07, 6.45) is -0.187. The molecule has 150 valence electrons. The summed E-state index contributed by atoms with van der Waals surface area (Å²) in [4.78, 5) is 17.8. The van der Waals surface area contributed by atoms with Gasteiger partial charge in [-0.25, -0.2) is 9.78 Å². The molecule has 3 aromatic rings. The number of anilines is 1. The summed E-state index contributed by atoms with van der Waals surface area (Å²) < 4.78 is 7.71. The molecule has 0 amide bonds. The quantitative estimate of drug-likeness (QED) is 0.607. The number of hydrogen-bond acceptors (Lipinski definition) is 4. The first kappa shape index (κ1) is 19.2. The molecular weight excluding hydrogens is 362 g/mol. The maximum absolute atomic E-state index is 13.1. The molecule has 1 aliphatic rings. The fourth-order valence-electron chi connectivity index (χ4n) is 3.88. The number of carbonyl (C=O) groups excluding carboxylic acids is 1.